The van der Waals surface area contributed by atoms with Gasteiger partial charge in [-0.05, 0) is 72.3 Å². The number of thiophene rings is 1. The van der Waals surface area contributed by atoms with Crippen LogP contribution < -0.4 is 22.4 Å². The van der Waals surface area contributed by atoms with E-state index in [2.05, 4.69) is 31.8 Å². The second-order valence-electron chi connectivity index (χ2n) is 9.14. The Balaban J connectivity index is 0.00000304. The Hall–Kier alpha value is -3.40. The summed E-state index contributed by atoms with van der Waals surface area (Å²) < 4.78 is 1.91. The molecule has 1 aliphatic heterocycles. The lowest BCUT2D eigenvalue weighted by Crippen LogP contribution is -2.50. The number of benzene rings is 2. The summed E-state index contributed by atoms with van der Waals surface area (Å²) in [6.07, 6.45) is 1.68. The number of likely N-dealkylation sites (tertiary alicyclic amines) is 1. The Bertz CT molecular complexity index is 1380. The molecule has 0 bridgehead atoms. The first-order valence-electron chi connectivity index (χ1n) is 11.8. The fourth-order valence-electron chi connectivity index (χ4n) is 5.36. The summed E-state index contributed by atoms with van der Waals surface area (Å²) >= 11 is 1.64. The summed E-state index contributed by atoms with van der Waals surface area (Å²) in [5, 5.41) is 10.1. The average molecular weight is 492 g/mol. The number of aromatic amines is 1. The van der Waals surface area contributed by atoms with Crippen molar-refractivity contribution < 1.29 is 1.43 Å². The number of anilines is 1. The van der Waals surface area contributed by atoms with Crippen LogP contribution >= 0.6 is 11.3 Å². The van der Waals surface area contributed by atoms with Crippen molar-refractivity contribution >= 4 is 33.9 Å². The number of H-pyrrole nitrogens is 1. The van der Waals surface area contributed by atoms with Crippen LogP contribution in [0.3, 0.4) is 0 Å². The van der Waals surface area contributed by atoms with Gasteiger partial charge >= 0.3 is 5.69 Å². The lowest BCUT2D eigenvalue weighted by atomic mass is 9.98. The number of rotatable bonds is 5. The molecule has 3 heterocycles. The molecule has 2 aromatic carbocycles. The van der Waals surface area contributed by atoms with Gasteiger partial charge in [0.2, 0.25) is 0 Å². The highest BCUT2D eigenvalue weighted by Crippen LogP contribution is 2.34. The zero-order chi connectivity index (χ0) is 24.5. The predicted octanol–water partition coefficient (Wildman–Crippen LogP) is 4.28. The first kappa shape index (κ1) is 23.3. The van der Waals surface area contributed by atoms with Crippen molar-refractivity contribution in [3.63, 3.8) is 0 Å². The molecule has 1 aliphatic rings. The quantitative estimate of drug-likeness (QED) is 0.167. The fourth-order valence-corrected chi connectivity index (χ4v) is 6.04. The van der Waals surface area contributed by atoms with Crippen LogP contribution in [0.1, 0.15) is 43.0 Å². The Morgan fingerprint density at radius 3 is 2.51 bits per heavy atom. The second-order valence-corrected chi connectivity index (χ2v) is 9.92. The Labute approximate surface area is 209 Å². The number of piperidine rings is 1. The number of hydrogen-bond donors (Lipinski definition) is 3. The number of aromatic nitrogens is 2. The normalized spacial score (nSPS) is 16.6. The maximum Gasteiger partial charge on any atom is 0.326 e. The number of amidine groups is 1. The molecule has 1 atom stereocenters. The Morgan fingerprint density at radius 1 is 1.14 bits per heavy atom. The van der Waals surface area contributed by atoms with E-state index >= 15 is 0 Å². The van der Waals surface area contributed by atoms with E-state index in [-0.39, 0.29) is 19.2 Å². The Kier molecular flexibility index (Phi) is 6.46. The molecule has 5 rings (SSSR count). The van der Waals surface area contributed by atoms with E-state index in [0.717, 1.165) is 59.3 Å². The molecule has 0 radical (unpaired) electrons. The molecule has 9 heteroatoms. The van der Waals surface area contributed by atoms with Crippen LogP contribution in [-0.4, -0.2) is 33.4 Å². The minimum Gasteiger partial charge on any atom is -0.321 e. The molecule has 184 valence electrons. The minimum absolute atomic E-state index is 0. The molecular weight excluding hydrogens is 458 g/mol. The highest BCUT2D eigenvalue weighted by Gasteiger charge is 2.34. The number of hydrazone groups is 1. The lowest BCUT2D eigenvalue weighted by Gasteiger charge is -2.40. The van der Waals surface area contributed by atoms with E-state index in [9.17, 15) is 4.79 Å². The van der Waals surface area contributed by atoms with Crippen LogP contribution in [-0.2, 0) is 0 Å². The number of imidazole rings is 1. The van der Waals surface area contributed by atoms with Gasteiger partial charge in [-0.25, -0.2) is 10.6 Å². The summed E-state index contributed by atoms with van der Waals surface area (Å²) in [6.45, 7) is 5.66. The predicted molar refractivity (Wildman–Crippen MR) is 146 cm³/mol. The van der Waals surface area contributed by atoms with Gasteiger partial charge < -0.3 is 10.8 Å². The van der Waals surface area contributed by atoms with E-state index < -0.39 is 0 Å². The van der Waals surface area contributed by atoms with E-state index in [1.54, 1.807) is 16.3 Å². The number of para-hydroxylation sites is 3. The molecule has 1 fully saturated rings. The highest BCUT2D eigenvalue weighted by molar-refractivity contribution is 7.08. The summed E-state index contributed by atoms with van der Waals surface area (Å²) in [6, 6.07) is 16.0. The number of nitrogens with zero attached hydrogens (tertiary/aromatic N) is 4. The zero-order valence-electron chi connectivity index (χ0n) is 20.0. The molecule has 1 unspecified atom stereocenters. The molecule has 8 nitrogen and oxygen atoms in total. The topological polar surface area (TPSA) is 109 Å². The number of hydrogen-bond acceptors (Lipinski definition) is 6. The first-order chi connectivity index (χ1) is 17.0. The third-order valence-corrected chi connectivity index (χ3v) is 7.72. The largest absolute Gasteiger partial charge is 0.326 e. The number of fused-ring (bicyclic) bond motifs is 1. The molecule has 0 spiro atoms. The van der Waals surface area contributed by atoms with Crippen LogP contribution in [0, 0.1) is 13.8 Å². The number of nitrogens with one attached hydrogen (secondary N) is 1. The molecule has 4 aromatic rings. The van der Waals surface area contributed by atoms with Crippen molar-refractivity contribution in [2.24, 2.45) is 16.8 Å². The number of aryl methyl sites for hydroxylation is 2. The number of hydrazine groups is 1. The average Bonchev–Trinajstić information content (AvgIpc) is 3.49. The molecule has 0 aliphatic carbocycles. The lowest BCUT2D eigenvalue weighted by molar-refractivity contribution is 0.165. The maximum atomic E-state index is 12.7. The van der Waals surface area contributed by atoms with E-state index in [1.807, 2.05) is 60.9 Å². The van der Waals surface area contributed by atoms with Crippen molar-refractivity contribution in [1.82, 2.24) is 14.5 Å². The maximum absolute atomic E-state index is 12.7. The van der Waals surface area contributed by atoms with Gasteiger partial charge in [0, 0.05) is 20.6 Å². The SMILES string of the molecule is Cc1cccc(C)c1N(N)/C(=N\N)C(c1ccsc1)N1CCC(n2c(=O)[nH]c3ccccc32)CC1.[HH]. The van der Waals surface area contributed by atoms with Crippen molar-refractivity contribution in [3.8, 4) is 0 Å². The van der Waals surface area contributed by atoms with Crippen LogP contribution in [0.15, 0.2) is 69.2 Å². The standard InChI is InChI=1S/C26H31N7OS.H2/c1-17-6-5-7-18(2)23(17)33(28)25(30-27)24(19-12-15-35-16-19)31-13-10-20(11-14-31)32-22-9-4-3-8-21(22)29-26(32)34;/h3-9,12,15-16,20,24H,10-11,13-14,27-28H2,1-2H3,(H,29,34);1H/b30-25-;. The first-order valence-corrected chi connectivity index (χ1v) is 12.8. The van der Waals surface area contributed by atoms with E-state index in [0.29, 0.717) is 5.84 Å². The molecule has 35 heavy (non-hydrogen) atoms. The van der Waals surface area contributed by atoms with Gasteiger partial charge in [0.15, 0.2) is 5.84 Å². The van der Waals surface area contributed by atoms with Crippen molar-refractivity contribution in [3.05, 3.63) is 86.5 Å². The summed E-state index contributed by atoms with van der Waals surface area (Å²) in [7, 11) is 0. The summed E-state index contributed by atoms with van der Waals surface area (Å²) in [4.78, 5) is 18.1. The highest BCUT2D eigenvalue weighted by atomic mass is 32.1. The van der Waals surface area contributed by atoms with Gasteiger partial charge in [-0.15, -0.1) is 0 Å². The third-order valence-electron chi connectivity index (χ3n) is 7.02. The van der Waals surface area contributed by atoms with Gasteiger partial charge in [0.1, 0.15) is 0 Å². The number of nitrogens with two attached hydrogens (primary N) is 2. The molecule has 2 aromatic heterocycles. The monoisotopic (exact) mass is 491 g/mol. The van der Waals surface area contributed by atoms with Gasteiger partial charge in [-0.3, -0.25) is 14.5 Å². The van der Waals surface area contributed by atoms with E-state index in [4.69, 9.17) is 11.7 Å². The van der Waals surface area contributed by atoms with Crippen molar-refractivity contribution in [1.29, 1.82) is 0 Å². The summed E-state index contributed by atoms with van der Waals surface area (Å²) in [5.74, 6) is 13.3. The van der Waals surface area contributed by atoms with Crippen LogP contribution in [0.2, 0.25) is 0 Å². The van der Waals surface area contributed by atoms with Gasteiger partial charge in [-0.1, -0.05) is 30.3 Å². The molecule has 0 saturated carbocycles. The van der Waals surface area contributed by atoms with Crippen molar-refractivity contribution in [2.75, 3.05) is 18.1 Å². The summed E-state index contributed by atoms with van der Waals surface area (Å²) in [5.41, 5.74) is 5.94. The van der Waals surface area contributed by atoms with E-state index in [1.165, 1.54) is 0 Å². The Morgan fingerprint density at radius 2 is 1.86 bits per heavy atom. The third kappa shape index (κ3) is 4.27. The minimum atomic E-state index is -0.184. The molecule has 5 N–H and O–H groups in total. The van der Waals surface area contributed by atoms with Gasteiger partial charge in [0.05, 0.1) is 22.8 Å². The molecule has 1 saturated heterocycles. The molecule has 0 amide bonds. The second kappa shape index (κ2) is 9.69. The van der Waals surface area contributed by atoms with Crippen LogP contribution in [0.5, 0.6) is 0 Å². The van der Waals surface area contributed by atoms with Gasteiger partial charge in [0.25, 0.3) is 0 Å². The van der Waals surface area contributed by atoms with Crippen LogP contribution in [0.25, 0.3) is 11.0 Å². The smallest absolute Gasteiger partial charge is 0.321 e. The van der Waals surface area contributed by atoms with Crippen molar-refractivity contribution in [2.45, 2.75) is 38.8 Å². The van der Waals surface area contributed by atoms with Crippen LogP contribution in [0.4, 0.5) is 5.69 Å². The zero-order valence-corrected chi connectivity index (χ0v) is 20.8. The fraction of sp³-hybridized carbons (Fsp3) is 0.308. The van der Waals surface area contributed by atoms with Gasteiger partial charge in [-0.2, -0.15) is 16.4 Å². The molecular formula is C26H33N7OS.